The van der Waals surface area contributed by atoms with E-state index in [0.29, 0.717) is 5.88 Å². The third kappa shape index (κ3) is 3.34. The Kier molecular flexibility index (Phi) is 3.11. The fraction of sp³-hybridized carbons (Fsp3) is 0.545. The first-order valence-electron chi connectivity index (χ1n) is 4.79. The van der Waals surface area contributed by atoms with Crippen molar-refractivity contribution in [3.8, 4) is 5.88 Å². The van der Waals surface area contributed by atoms with Crippen LogP contribution >= 0.6 is 0 Å². The number of aromatic nitrogens is 1. The summed E-state index contributed by atoms with van der Waals surface area (Å²) in [6, 6.07) is 3.81. The van der Waals surface area contributed by atoms with Gasteiger partial charge in [0, 0.05) is 18.3 Å². The second-order valence-corrected chi connectivity index (χ2v) is 4.43. The lowest BCUT2D eigenvalue weighted by Gasteiger charge is -2.20. The van der Waals surface area contributed by atoms with E-state index in [2.05, 4.69) is 4.98 Å². The van der Waals surface area contributed by atoms with Crippen LogP contribution in [-0.4, -0.2) is 10.6 Å². The molecule has 0 fully saturated rings. The molecule has 0 spiro atoms. The number of rotatable bonds is 2. The quantitative estimate of drug-likeness (QED) is 0.785. The molecule has 0 amide bonds. The van der Waals surface area contributed by atoms with E-state index < -0.39 is 0 Å². The minimum absolute atomic E-state index is 0.0196. The number of ether oxygens (including phenoxy) is 1. The van der Waals surface area contributed by atoms with Gasteiger partial charge in [-0.3, -0.25) is 0 Å². The Labute approximate surface area is 85.3 Å². The maximum atomic E-state index is 5.71. The Balaban J connectivity index is 2.74. The molecule has 0 aliphatic rings. The lowest BCUT2D eigenvalue weighted by atomic mass is 10.1. The summed E-state index contributed by atoms with van der Waals surface area (Å²) in [5, 5.41) is 0. The van der Waals surface area contributed by atoms with Crippen molar-refractivity contribution >= 4 is 0 Å². The highest BCUT2D eigenvalue weighted by atomic mass is 16.5. The summed E-state index contributed by atoms with van der Waals surface area (Å²) in [6.07, 6.45) is 1.76. The number of hydrogen-bond acceptors (Lipinski definition) is 3. The van der Waals surface area contributed by atoms with E-state index >= 15 is 0 Å². The van der Waals surface area contributed by atoms with Gasteiger partial charge in [0.2, 0.25) is 5.88 Å². The van der Waals surface area contributed by atoms with E-state index in [9.17, 15) is 0 Å². The highest BCUT2D eigenvalue weighted by molar-refractivity contribution is 5.20. The second-order valence-electron chi connectivity index (χ2n) is 4.43. The normalized spacial score (nSPS) is 13.8. The second kappa shape index (κ2) is 3.96. The molecule has 1 aromatic heterocycles. The molecule has 0 aliphatic carbocycles. The van der Waals surface area contributed by atoms with E-state index in [1.165, 1.54) is 0 Å². The van der Waals surface area contributed by atoms with Crippen LogP contribution in [0.2, 0.25) is 0 Å². The van der Waals surface area contributed by atoms with E-state index in [1.54, 1.807) is 6.20 Å². The number of nitrogens with zero attached hydrogens (tertiary/aromatic N) is 1. The van der Waals surface area contributed by atoms with E-state index in [1.807, 2.05) is 39.8 Å². The summed E-state index contributed by atoms with van der Waals surface area (Å²) in [4.78, 5) is 4.18. The van der Waals surface area contributed by atoms with Crippen molar-refractivity contribution < 1.29 is 4.74 Å². The van der Waals surface area contributed by atoms with Crippen LogP contribution in [0.1, 0.15) is 39.3 Å². The molecule has 3 nitrogen and oxygen atoms in total. The largest absolute Gasteiger partial charge is 0.472 e. The van der Waals surface area contributed by atoms with E-state index in [4.69, 9.17) is 10.5 Å². The van der Waals surface area contributed by atoms with Crippen molar-refractivity contribution in [2.24, 2.45) is 5.73 Å². The Hall–Kier alpha value is -1.09. The molecular weight excluding hydrogens is 176 g/mol. The van der Waals surface area contributed by atoms with Crippen LogP contribution in [0.15, 0.2) is 18.3 Å². The molecule has 3 heteroatoms. The van der Waals surface area contributed by atoms with Crippen molar-refractivity contribution in [1.29, 1.82) is 0 Å². The van der Waals surface area contributed by atoms with E-state index in [0.717, 1.165) is 5.56 Å². The zero-order valence-corrected chi connectivity index (χ0v) is 9.24. The van der Waals surface area contributed by atoms with Gasteiger partial charge in [-0.05, 0) is 33.3 Å². The first kappa shape index (κ1) is 11.0. The monoisotopic (exact) mass is 194 g/mol. The lowest BCUT2D eigenvalue weighted by Crippen LogP contribution is -2.23. The van der Waals surface area contributed by atoms with Gasteiger partial charge in [-0.25, -0.2) is 4.98 Å². The van der Waals surface area contributed by atoms with Gasteiger partial charge in [-0.15, -0.1) is 0 Å². The highest BCUT2D eigenvalue weighted by Gasteiger charge is 2.12. The fourth-order valence-corrected chi connectivity index (χ4v) is 1.04. The average molecular weight is 194 g/mol. The Morgan fingerprint density at radius 2 is 2.00 bits per heavy atom. The molecule has 1 heterocycles. The number of hydrogen-bond donors (Lipinski definition) is 1. The van der Waals surface area contributed by atoms with Gasteiger partial charge in [0.1, 0.15) is 5.60 Å². The zero-order valence-electron chi connectivity index (χ0n) is 9.24. The predicted molar refractivity (Wildman–Crippen MR) is 57.2 cm³/mol. The van der Waals surface area contributed by atoms with Crippen LogP contribution in [0.4, 0.5) is 0 Å². The molecule has 0 unspecified atom stereocenters. The molecule has 78 valence electrons. The summed E-state index contributed by atoms with van der Waals surface area (Å²) in [7, 11) is 0. The first-order chi connectivity index (χ1) is 6.38. The number of pyridine rings is 1. The van der Waals surface area contributed by atoms with Crippen LogP contribution in [0.25, 0.3) is 0 Å². The molecule has 0 bridgehead atoms. The van der Waals surface area contributed by atoms with Gasteiger partial charge in [0.05, 0.1) is 0 Å². The lowest BCUT2D eigenvalue weighted by molar-refractivity contribution is 0.124. The summed E-state index contributed by atoms with van der Waals surface area (Å²) >= 11 is 0. The molecule has 2 N–H and O–H groups in total. The van der Waals surface area contributed by atoms with Gasteiger partial charge in [0.25, 0.3) is 0 Å². The topological polar surface area (TPSA) is 48.1 Å². The number of nitrogens with two attached hydrogens (primary N) is 1. The molecule has 0 radical (unpaired) electrons. The average Bonchev–Trinajstić information content (AvgIpc) is 2.02. The maximum absolute atomic E-state index is 5.71. The highest BCUT2D eigenvalue weighted by Crippen LogP contribution is 2.17. The molecule has 0 saturated heterocycles. The first-order valence-corrected chi connectivity index (χ1v) is 4.79. The van der Waals surface area contributed by atoms with Gasteiger partial charge >= 0.3 is 0 Å². The third-order valence-corrected chi connectivity index (χ3v) is 1.70. The van der Waals surface area contributed by atoms with Crippen LogP contribution in [0.5, 0.6) is 5.88 Å². The van der Waals surface area contributed by atoms with Crippen molar-refractivity contribution in [1.82, 2.24) is 4.98 Å². The van der Waals surface area contributed by atoms with Gasteiger partial charge in [0.15, 0.2) is 0 Å². The van der Waals surface area contributed by atoms with Crippen LogP contribution in [0, 0.1) is 0 Å². The van der Waals surface area contributed by atoms with Gasteiger partial charge in [-0.2, -0.15) is 0 Å². The fourth-order valence-electron chi connectivity index (χ4n) is 1.04. The van der Waals surface area contributed by atoms with Crippen LogP contribution in [-0.2, 0) is 0 Å². The van der Waals surface area contributed by atoms with Crippen molar-refractivity contribution in [2.75, 3.05) is 0 Å². The summed E-state index contributed by atoms with van der Waals surface area (Å²) in [6.45, 7) is 7.91. The Bertz CT molecular complexity index is 285. The summed E-state index contributed by atoms with van der Waals surface area (Å²) < 4.78 is 5.58. The Morgan fingerprint density at radius 1 is 1.36 bits per heavy atom. The maximum Gasteiger partial charge on any atom is 0.213 e. The Morgan fingerprint density at radius 3 is 2.36 bits per heavy atom. The van der Waals surface area contributed by atoms with Crippen LogP contribution in [0.3, 0.4) is 0 Å². The molecular formula is C11H18N2O. The molecule has 0 aliphatic heterocycles. The molecule has 0 aromatic carbocycles. The predicted octanol–water partition coefficient (Wildman–Crippen LogP) is 2.28. The minimum Gasteiger partial charge on any atom is -0.472 e. The molecule has 14 heavy (non-hydrogen) atoms. The van der Waals surface area contributed by atoms with Gasteiger partial charge in [-0.1, -0.05) is 6.07 Å². The zero-order chi connectivity index (χ0) is 10.8. The van der Waals surface area contributed by atoms with Crippen molar-refractivity contribution in [2.45, 2.75) is 39.3 Å². The van der Waals surface area contributed by atoms with E-state index in [-0.39, 0.29) is 11.6 Å². The molecule has 1 aromatic rings. The molecule has 0 saturated carbocycles. The SMILES string of the molecule is C[C@@H](N)c1ccc(OC(C)(C)C)nc1. The van der Waals surface area contributed by atoms with Crippen molar-refractivity contribution in [3.63, 3.8) is 0 Å². The third-order valence-electron chi connectivity index (χ3n) is 1.70. The van der Waals surface area contributed by atoms with Crippen LogP contribution < -0.4 is 10.5 Å². The van der Waals surface area contributed by atoms with Gasteiger partial charge < -0.3 is 10.5 Å². The summed E-state index contributed by atoms with van der Waals surface area (Å²) in [5.41, 5.74) is 6.52. The van der Waals surface area contributed by atoms with Crippen molar-refractivity contribution in [3.05, 3.63) is 23.9 Å². The standard InChI is InChI=1S/C11H18N2O/c1-8(12)9-5-6-10(13-7-9)14-11(2,3)4/h5-8H,12H2,1-4H3/t8-/m1/s1. The summed E-state index contributed by atoms with van der Waals surface area (Å²) in [5.74, 6) is 0.641. The molecule has 1 rings (SSSR count). The molecule has 1 atom stereocenters. The smallest absolute Gasteiger partial charge is 0.213 e. The minimum atomic E-state index is -0.206.